The van der Waals surface area contributed by atoms with Crippen molar-refractivity contribution >= 4 is 12.0 Å². The minimum atomic E-state index is -0.650. The first-order valence-electron chi connectivity index (χ1n) is 9.30. The van der Waals surface area contributed by atoms with Crippen LogP contribution in [0.1, 0.15) is 30.5 Å². The van der Waals surface area contributed by atoms with Crippen LogP contribution < -0.4 is 20.1 Å². The molecule has 0 aromatic heterocycles. The SMILES string of the molecule is CCC1=C(C(=O)OC)C(c2ccc(OCc3ccccc3)c(OC)c2)NC(=O)N1. The number of urea groups is 1. The third-order valence-electron chi connectivity index (χ3n) is 4.67. The van der Waals surface area contributed by atoms with Crippen LogP contribution in [-0.2, 0) is 16.1 Å². The van der Waals surface area contributed by atoms with Crippen LogP contribution >= 0.6 is 0 Å². The van der Waals surface area contributed by atoms with Crippen molar-refractivity contribution in [1.29, 1.82) is 0 Å². The molecule has 2 aromatic rings. The Balaban J connectivity index is 1.91. The summed E-state index contributed by atoms with van der Waals surface area (Å²) in [6.45, 7) is 2.26. The molecule has 1 aliphatic heterocycles. The van der Waals surface area contributed by atoms with Crippen molar-refractivity contribution in [3.8, 4) is 11.5 Å². The summed E-state index contributed by atoms with van der Waals surface area (Å²) in [5.74, 6) is 0.580. The molecule has 1 atom stereocenters. The smallest absolute Gasteiger partial charge is 0.337 e. The van der Waals surface area contributed by atoms with Crippen molar-refractivity contribution in [1.82, 2.24) is 10.6 Å². The highest BCUT2D eigenvalue weighted by Gasteiger charge is 2.33. The number of ether oxygens (including phenoxy) is 3. The second-order valence-electron chi connectivity index (χ2n) is 6.45. The van der Waals surface area contributed by atoms with Gasteiger partial charge in [-0.1, -0.05) is 43.3 Å². The summed E-state index contributed by atoms with van der Waals surface area (Å²) in [6.07, 6.45) is 0.490. The molecule has 7 nitrogen and oxygen atoms in total. The average molecular weight is 396 g/mol. The van der Waals surface area contributed by atoms with Gasteiger partial charge in [0.25, 0.3) is 0 Å². The van der Waals surface area contributed by atoms with Crippen LogP contribution in [-0.4, -0.2) is 26.2 Å². The first kappa shape index (κ1) is 20.3. The summed E-state index contributed by atoms with van der Waals surface area (Å²) < 4.78 is 16.3. The van der Waals surface area contributed by atoms with Crippen molar-refractivity contribution in [2.75, 3.05) is 14.2 Å². The highest BCUT2D eigenvalue weighted by molar-refractivity contribution is 5.95. The summed E-state index contributed by atoms with van der Waals surface area (Å²) in [5.41, 5.74) is 2.63. The zero-order valence-electron chi connectivity index (χ0n) is 16.7. The van der Waals surface area contributed by atoms with E-state index in [0.29, 0.717) is 41.4 Å². The number of allylic oxidation sites excluding steroid dienone is 1. The standard InChI is InChI=1S/C22H24N2O5/c1-4-16-19(21(25)28-3)20(24-22(26)23-16)15-10-11-17(18(12-15)27-2)29-13-14-8-6-5-7-9-14/h5-12,20H,4,13H2,1-3H3,(H2,23,24,26). The molecule has 1 aliphatic rings. The fraction of sp³-hybridized carbons (Fsp3) is 0.273. The molecule has 0 saturated carbocycles. The lowest BCUT2D eigenvalue weighted by atomic mass is 9.94. The number of hydrogen-bond donors (Lipinski definition) is 2. The Bertz CT molecular complexity index is 924. The number of amides is 2. The van der Waals surface area contributed by atoms with E-state index in [4.69, 9.17) is 14.2 Å². The number of carbonyl (C=O) groups excluding carboxylic acids is 2. The van der Waals surface area contributed by atoms with E-state index in [1.807, 2.05) is 37.3 Å². The van der Waals surface area contributed by atoms with E-state index in [9.17, 15) is 9.59 Å². The molecule has 2 N–H and O–H groups in total. The van der Waals surface area contributed by atoms with Crippen LogP contribution in [0.5, 0.6) is 11.5 Å². The molecule has 2 amide bonds. The second-order valence-corrected chi connectivity index (χ2v) is 6.45. The quantitative estimate of drug-likeness (QED) is 0.700. The molecule has 1 heterocycles. The highest BCUT2D eigenvalue weighted by Crippen LogP contribution is 2.35. The van der Waals surface area contributed by atoms with Gasteiger partial charge in [0.05, 0.1) is 25.8 Å². The van der Waals surface area contributed by atoms with Crippen LogP contribution in [0.15, 0.2) is 59.8 Å². The van der Waals surface area contributed by atoms with Gasteiger partial charge in [-0.3, -0.25) is 0 Å². The Morgan fingerprint density at radius 2 is 1.83 bits per heavy atom. The van der Waals surface area contributed by atoms with Gasteiger partial charge in [0.1, 0.15) is 6.61 Å². The van der Waals surface area contributed by atoms with Crippen LogP contribution in [0.2, 0.25) is 0 Å². The molecule has 7 heteroatoms. The lowest BCUT2D eigenvalue weighted by molar-refractivity contribution is -0.136. The normalized spacial score (nSPS) is 16.0. The predicted molar refractivity (Wildman–Crippen MR) is 108 cm³/mol. The molecule has 3 rings (SSSR count). The summed E-state index contributed by atoms with van der Waals surface area (Å²) in [4.78, 5) is 24.5. The Kier molecular flexibility index (Phi) is 6.39. The third kappa shape index (κ3) is 4.51. The predicted octanol–water partition coefficient (Wildman–Crippen LogP) is 3.47. The van der Waals surface area contributed by atoms with Crippen molar-refractivity contribution in [2.24, 2.45) is 0 Å². The maximum atomic E-state index is 12.4. The first-order chi connectivity index (χ1) is 14.1. The molecule has 0 aliphatic carbocycles. The minimum absolute atomic E-state index is 0.370. The van der Waals surface area contributed by atoms with Gasteiger partial charge in [-0.25, -0.2) is 9.59 Å². The van der Waals surface area contributed by atoms with Gasteiger partial charge >= 0.3 is 12.0 Å². The van der Waals surface area contributed by atoms with Gasteiger partial charge in [0.2, 0.25) is 0 Å². The first-order valence-corrected chi connectivity index (χ1v) is 9.30. The Morgan fingerprint density at radius 3 is 2.48 bits per heavy atom. The highest BCUT2D eigenvalue weighted by atomic mass is 16.5. The monoisotopic (exact) mass is 396 g/mol. The number of methoxy groups -OCH3 is 2. The Morgan fingerprint density at radius 1 is 1.07 bits per heavy atom. The zero-order chi connectivity index (χ0) is 20.8. The fourth-order valence-corrected chi connectivity index (χ4v) is 3.22. The average Bonchev–Trinajstić information content (AvgIpc) is 2.77. The van der Waals surface area contributed by atoms with E-state index >= 15 is 0 Å². The van der Waals surface area contributed by atoms with E-state index in [2.05, 4.69) is 10.6 Å². The van der Waals surface area contributed by atoms with E-state index in [1.165, 1.54) is 7.11 Å². The lowest BCUT2D eigenvalue weighted by Gasteiger charge is -2.29. The summed E-state index contributed by atoms with van der Waals surface area (Å²) in [7, 11) is 2.86. The molecule has 2 aromatic carbocycles. The Hall–Kier alpha value is -3.48. The van der Waals surface area contributed by atoms with Crippen molar-refractivity contribution < 1.29 is 23.8 Å². The number of carbonyl (C=O) groups is 2. The summed E-state index contributed by atoms with van der Waals surface area (Å²) in [5, 5.41) is 5.47. The number of nitrogens with one attached hydrogen (secondary N) is 2. The molecule has 0 spiro atoms. The van der Waals surface area contributed by atoms with Crippen molar-refractivity contribution in [2.45, 2.75) is 26.0 Å². The zero-order valence-corrected chi connectivity index (χ0v) is 16.7. The summed E-state index contributed by atoms with van der Waals surface area (Å²) >= 11 is 0. The molecule has 29 heavy (non-hydrogen) atoms. The minimum Gasteiger partial charge on any atom is -0.493 e. The molecule has 152 valence electrons. The number of rotatable bonds is 7. The number of benzene rings is 2. The van der Waals surface area contributed by atoms with Crippen LogP contribution in [0.25, 0.3) is 0 Å². The number of hydrogen-bond acceptors (Lipinski definition) is 5. The van der Waals surface area contributed by atoms with Crippen LogP contribution in [0.4, 0.5) is 4.79 Å². The van der Waals surface area contributed by atoms with E-state index in [1.54, 1.807) is 25.3 Å². The fourth-order valence-electron chi connectivity index (χ4n) is 3.22. The maximum Gasteiger partial charge on any atom is 0.337 e. The van der Waals surface area contributed by atoms with Crippen molar-refractivity contribution in [3.63, 3.8) is 0 Å². The van der Waals surface area contributed by atoms with Crippen LogP contribution in [0, 0.1) is 0 Å². The van der Waals surface area contributed by atoms with E-state index in [-0.39, 0.29) is 6.03 Å². The Labute approximate surface area is 169 Å². The van der Waals surface area contributed by atoms with Gasteiger partial charge in [-0.2, -0.15) is 0 Å². The third-order valence-corrected chi connectivity index (χ3v) is 4.67. The van der Waals surface area contributed by atoms with Crippen LogP contribution in [0.3, 0.4) is 0 Å². The van der Waals surface area contributed by atoms with E-state index < -0.39 is 12.0 Å². The number of esters is 1. The van der Waals surface area contributed by atoms with Gasteiger partial charge in [-0.05, 0) is 29.7 Å². The summed E-state index contributed by atoms with van der Waals surface area (Å²) in [6, 6.07) is 14.1. The molecule has 0 fully saturated rings. The second kappa shape index (κ2) is 9.14. The largest absolute Gasteiger partial charge is 0.493 e. The molecule has 1 unspecified atom stereocenters. The van der Waals surface area contributed by atoms with Gasteiger partial charge < -0.3 is 24.8 Å². The topological polar surface area (TPSA) is 85.9 Å². The van der Waals surface area contributed by atoms with Crippen molar-refractivity contribution in [3.05, 3.63) is 70.9 Å². The lowest BCUT2D eigenvalue weighted by Crippen LogP contribution is -2.45. The van der Waals surface area contributed by atoms with Gasteiger partial charge in [0.15, 0.2) is 11.5 Å². The maximum absolute atomic E-state index is 12.4. The molecule has 0 radical (unpaired) electrons. The van der Waals surface area contributed by atoms with E-state index in [0.717, 1.165) is 5.56 Å². The molecule has 0 saturated heterocycles. The molecule has 0 bridgehead atoms. The van der Waals surface area contributed by atoms with Gasteiger partial charge in [0, 0.05) is 5.70 Å². The molecular formula is C22H24N2O5. The molecular weight excluding hydrogens is 372 g/mol. The van der Waals surface area contributed by atoms with Gasteiger partial charge in [-0.15, -0.1) is 0 Å².